The van der Waals surface area contributed by atoms with E-state index in [4.69, 9.17) is 9.47 Å². The molecule has 2 aromatic rings. The highest BCUT2D eigenvalue weighted by atomic mass is 32.2. The van der Waals surface area contributed by atoms with Crippen LogP contribution >= 0.6 is 0 Å². The Kier molecular flexibility index (Phi) is 4.30. The lowest BCUT2D eigenvalue weighted by atomic mass is 10.2. The van der Waals surface area contributed by atoms with E-state index in [9.17, 15) is 8.42 Å². The summed E-state index contributed by atoms with van der Waals surface area (Å²) in [6.07, 6.45) is 4.54. The Morgan fingerprint density at radius 3 is 2.68 bits per heavy atom. The van der Waals surface area contributed by atoms with Gasteiger partial charge in [-0.1, -0.05) is 0 Å². The SMILES string of the molecule is O=S(=O)(NCc1cc(C2CC2)ncn1)c1ccc2c(c1)OCCCO2. The van der Waals surface area contributed by atoms with Gasteiger partial charge >= 0.3 is 0 Å². The number of sulfonamides is 1. The highest BCUT2D eigenvalue weighted by Crippen LogP contribution is 2.38. The van der Waals surface area contributed by atoms with Gasteiger partial charge < -0.3 is 9.47 Å². The van der Waals surface area contributed by atoms with E-state index in [2.05, 4.69) is 14.7 Å². The van der Waals surface area contributed by atoms with Gasteiger partial charge in [0.05, 0.1) is 30.3 Å². The minimum Gasteiger partial charge on any atom is -0.490 e. The van der Waals surface area contributed by atoms with Crippen molar-refractivity contribution in [2.75, 3.05) is 13.2 Å². The van der Waals surface area contributed by atoms with Gasteiger partial charge in [-0.3, -0.25) is 0 Å². The summed E-state index contributed by atoms with van der Waals surface area (Å²) >= 11 is 0. The smallest absolute Gasteiger partial charge is 0.241 e. The molecule has 1 fully saturated rings. The van der Waals surface area contributed by atoms with Crippen LogP contribution in [0.5, 0.6) is 11.5 Å². The van der Waals surface area contributed by atoms with Gasteiger partial charge in [0, 0.05) is 24.1 Å². The second kappa shape index (κ2) is 6.61. The molecule has 4 rings (SSSR count). The summed E-state index contributed by atoms with van der Waals surface area (Å²) in [6, 6.07) is 6.52. The maximum absolute atomic E-state index is 12.6. The van der Waals surface area contributed by atoms with Crippen molar-refractivity contribution in [1.29, 1.82) is 0 Å². The summed E-state index contributed by atoms with van der Waals surface area (Å²) in [4.78, 5) is 8.54. The molecule has 132 valence electrons. The number of rotatable bonds is 5. The first kappa shape index (κ1) is 16.3. The third-order valence-electron chi connectivity index (χ3n) is 4.21. The number of nitrogens with zero attached hydrogens (tertiary/aromatic N) is 2. The molecule has 1 aromatic heterocycles. The number of aromatic nitrogens is 2. The molecule has 1 aliphatic heterocycles. The first-order chi connectivity index (χ1) is 12.1. The van der Waals surface area contributed by atoms with Crippen molar-refractivity contribution in [3.8, 4) is 11.5 Å². The van der Waals surface area contributed by atoms with E-state index in [-0.39, 0.29) is 11.4 Å². The summed E-state index contributed by atoms with van der Waals surface area (Å²) < 4.78 is 38.8. The largest absolute Gasteiger partial charge is 0.490 e. The van der Waals surface area contributed by atoms with Crippen LogP contribution in [0, 0.1) is 0 Å². The second-order valence-corrected chi connectivity index (χ2v) is 7.96. The Balaban J connectivity index is 1.50. The number of ether oxygens (including phenoxy) is 2. The summed E-state index contributed by atoms with van der Waals surface area (Å²) in [5.74, 6) is 1.53. The van der Waals surface area contributed by atoms with E-state index in [1.807, 2.05) is 6.07 Å². The average molecular weight is 361 g/mol. The van der Waals surface area contributed by atoms with Crippen LogP contribution in [0.2, 0.25) is 0 Å². The summed E-state index contributed by atoms with van der Waals surface area (Å²) in [5.41, 5.74) is 1.65. The van der Waals surface area contributed by atoms with Gasteiger partial charge in [-0.05, 0) is 31.0 Å². The second-order valence-electron chi connectivity index (χ2n) is 6.19. The van der Waals surface area contributed by atoms with E-state index < -0.39 is 10.0 Å². The Labute approximate surface area is 146 Å². The Bertz CT molecular complexity index is 881. The van der Waals surface area contributed by atoms with Crippen molar-refractivity contribution >= 4 is 10.0 Å². The Hall–Kier alpha value is -2.19. The van der Waals surface area contributed by atoms with Gasteiger partial charge in [-0.15, -0.1) is 0 Å². The standard InChI is InChI=1S/C17H19N3O4S/c21-25(22,14-4-5-16-17(9-14)24-7-1-6-23-16)20-10-13-8-15(12-2-3-12)19-11-18-13/h4-5,8-9,11-12,20H,1-3,6-7,10H2. The van der Waals surface area contributed by atoms with Crippen LogP contribution in [0.15, 0.2) is 35.5 Å². The van der Waals surface area contributed by atoms with E-state index in [0.29, 0.717) is 36.3 Å². The van der Waals surface area contributed by atoms with Gasteiger partial charge in [0.25, 0.3) is 0 Å². The molecule has 0 bridgehead atoms. The predicted octanol–water partition coefficient (Wildman–Crippen LogP) is 1.99. The molecule has 0 saturated heterocycles. The third kappa shape index (κ3) is 3.74. The number of benzene rings is 1. The lowest BCUT2D eigenvalue weighted by Gasteiger charge is -2.11. The maximum Gasteiger partial charge on any atom is 0.241 e. The lowest BCUT2D eigenvalue weighted by Crippen LogP contribution is -2.24. The number of hydrogen-bond acceptors (Lipinski definition) is 6. The van der Waals surface area contributed by atoms with Crippen molar-refractivity contribution in [1.82, 2.24) is 14.7 Å². The van der Waals surface area contributed by atoms with Crippen LogP contribution in [-0.4, -0.2) is 31.6 Å². The lowest BCUT2D eigenvalue weighted by molar-refractivity contribution is 0.297. The molecule has 1 N–H and O–H groups in total. The van der Waals surface area contributed by atoms with E-state index in [0.717, 1.165) is 25.0 Å². The molecule has 8 heteroatoms. The molecule has 1 aliphatic carbocycles. The van der Waals surface area contributed by atoms with E-state index in [1.54, 1.807) is 6.07 Å². The van der Waals surface area contributed by atoms with Crippen LogP contribution in [0.1, 0.15) is 36.6 Å². The fourth-order valence-corrected chi connectivity index (χ4v) is 3.69. The predicted molar refractivity (Wildman–Crippen MR) is 90.1 cm³/mol. The summed E-state index contributed by atoms with van der Waals surface area (Å²) in [7, 11) is -3.67. The molecule has 2 heterocycles. The van der Waals surface area contributed by atoms with Gasteiger partial charge in [0.2, 0.25) is 10.0 Å². The molecule has 0 atom stereocenters. The fourth-order valence-electron chi connectivity index (χ4n) is 2.68. The average Bonchev–Trinajstić information content (AvgIpc) is 3.46. The van der Waals surface area contributed by atoms with Gasteiger partial charge in [0.1, 0.15) is 6.33 Å². The van der Waals surface area contributed by atoms with Crippen molar-refractivity contribution < 1.29 is 17.9 Å². The summed E-state index contributed by atoms with van der Waals surface area (Å²) in [5, 5.41) is 0. The van der Waals surface area contributed by atoms with Crippen molar-refractivity contribution in [3.63, 3.8) is 0 Å². The molecule has 1 aromatic carbocycles. The highest BCUT2D eigenvalue weighted by molar-refractivity contribution is 7.89. The van der Waals surface area contributed by atoms with Crippen LogP contribution in [0.25, 0.3) is 0 Å². The molecule has 0 amide bonds. The number of nitrogens with one attached hydrogen (secondary N) is 1. The van der Waals surface area contributed by atoms with Crippen LogP contribution in [-0.2, 0) is 16.6 Å². The van der Waals surface area contributed by atoms with Crippen molar-refractivity contribution in [2.45, 2.75) is 36.6 Å². The first-order valence-corrected chi connectivity index (χ1v) is 9.80. The minimum absolute atomic E-state index is 0.124. The topological polar surface area (TPSA) is 90.4 Å². The fraction of sp³-hybridized carbons (Fsp3) is 0.412. The summed E-state index contributed by atoms with van der Waals surface area (Å²) in [6.45, 7) is 1.20. The molecule has 2 aliphatic rings. The van der Waals surface area contributed by atoms with Gasteiger partial charge in [-0.2, -0.15) is 0 Å². The maximum atomic E-state index is 12.6. The molecule has 7 nitrogen and oxygen atoms in total. The molecule has 25 heavy (non-hydrogen) atoms. The van der Waals surface area contributed by atoms with E-state index in [1.165, 1.54) is 18.5 Å². The normalized spacial score (nSPS) is 17.1. The molecule has 0 unspecified atom stereocenters. The molecular formula is C17H19N3O4S. The Morgan fingerprint density at radius 2 is 1.88 bits per heavy atom. The molecule has 0 spiro atoms. The van der Waals surface area contributed by atoms with Gasteiger partial charge in [-0.25, -0.2) is 23.1 Å². The molecule has 1 saturated carbocycles. The van der Waals surface area contributed by atoms with Gasteiger partial charge in [0.15, 0.2) is 11.5 Å². The van der Waals surface area contributed by atoms with Crippen molar-refractivity contribution in [2.24, 2.45) is 0 Å². The first-order valence-electron chi connectivity index (χ1n) is 8.32. The number of fused-ring (bicyclic) bond motifs is 1. The molecule has 0 radical (unpaired) electrons. The zero-order valence-corrected chi connectivity index (χ0v) is 14.5. The zero-order valence-electron chi connectivity index (χ0n) is 13.6. The third-order valence-corrected chi connectivity index (χ3v) is 5.61. The monoisotopic (exact) mass is 361 g/mol. The minimum atomic E-state index is -3.67. The van der Waals surface area contributed by atoms with Crippen molar-refractivity contribution in [3.05, 3.63) is 42.0 Å². The zero-order chi connectivity index (χ0) is 17.3. The van der Waals surface area contributed by atoms with Crippen LogP contribution in [0.4, 0.5) is 0 Å². The number of hydrogen-bond donors (Lipinski definition) is 1. The van der Waals surface area contributed by atoms with E-state index >= 15 is 0 Å². The van der Waals surface area contributed by atoms with Crippen LogP contribution < -0.4 is 14.2 Å². The van der Waals surface area contributed by atoms with Crippen LogP contribution in [0.3, 0.4) is 0 Å². The highest BCUT2D eigenvalue weighted by Gasteiger charge is 2.25. The molecular weight excluding hydrogens is 342 g/mol. The quantitative estimate of drug-likeness (QED) is 0.876. The Morgan fingerprint density at radius 1 is 1.08 bits per heavy atom.